The number of nitrogens with two attached hydrogens (primary N) is 1. The van der Waals surface area contributed by atoms with Gasteiger partial charge in [-0.15, -0.1) is 0 Å². The maximum absolute atomic E-state index is 12.0. The Labute approximate surface area is 118 Å². The molecule has 1 unspecified atom stereocenters. The minimum atomic E-state index is -0.113. The number of nitrogens with one attached hydrogen (secondary N) is 1. The van der Waals surface area contributed by atoms with Gasteiger partial charge in [-0.05, 0) is 45.0 Å². The Balaban J connectivity index is 1.88. The van der Waals surface area contributed by atoms with Crippen molar-refractivity contribution in [1.82, 2.24) is 10.2 Å². The molecule has 2 rings (SSSR count). The molecule has 1 aromatic rings. The average Bonchev–Trinajstić information content (AvgIpc) is 3.22. The van der Waals surface area contributed by atoms with Gasteiger partial charge in [0.25, 0.3) is 5.91 Å². The highest BCUT2D eigenvalue weighted by Crippen LogP contribution is 2.26. The molecule has 0 radical (unpaired) electrons. The number of rotatable bonds is 5. The molecule has 5 heteroatoms. The summed E-state index contributed by atoms with van der Waals surface area (Å²) in [5.41, 5.74) is 6.65. The Morgan fingerprint density at radius 3 is 2.84 bits per heavy atom. The van der Waals surface area contributed by atoms with E-state index < -0.39 is 0 Å². The fourth-order valence-corrected chi connectivity index (χ4v) is 2.18. The minimum absolute atomic E-state index is 0.113. The molecule has 19 heavy (non-hydrogen) atoms. The molecule has 3 N–H and O–H groups in total. The maximum atomic E-state index is 12.0. The van der Waals surface area contributed by atoms with E-state index in [0.717, 1.165) is 0 Å². The molecular weight excluding hydrogens is 262 g/mol. The number of hydrogen-bond acceptors (Lipinski definition) is 3. The Bertz CT molecular complexity index is 474. The van der Waals surface area contributed by atoms with Crippen molar-refractivity contribution in [2.75, 3.05) is 19.3 Å². The predicted octanol–water partition coefficient (Wildman–Crippen LogP) is 2.13. The van der Waals surface area contributed by atoms with Crippen molar-refractivity contribution in [2.24, 2.45) is 0 Å². The van der Waals surface area contributed by atoms with Crippen molar-refractivity contribution in [3.8, 4) is 0 Å². The molecule has 1 saturated carbocycles. The SMILES string of the molecule is CC(CNC(=O)c1ccc(N)c(Cl)c1)N(C)C1CC1. The lowest BCUT2D eigenvalue weighted by molar-refractivity contribution is 0.0939. The van der Waals surface area contributed by atoms with Gasteiger partial charge in [-0.25, -0.2) is 0 Å². The molecule has 0 bridgehead atoms. The van der Waals surface area contributed by atoms with Crippen LogP contribution >= 0.6 is 11.6 Å². The summed E-state index contributed by atoms with van der Waals surface area (Å²) < 4.78 is 0. The van der Waals surface area contributed by atoms with Crippen LogP contribution in [0.4, 0.5) is 5.69 Å². The molecule has 1 amide bonds. The first kappa shape index (κ1) is 14.2. The third-order valence-electron chi connectivity index (χ3n) is 3.64. The summed E-state index contributed by atoms with van der Waals surface area (Å²) in [6, 6.07) is 5.96. The fraction of sp³-hybridized carbons (Fsp3) is 0.500. The van der Waals surface area contributed by atoms with E-state index in [1.807, 2.05) is 0 Å². The van der Waals surface area contributed by atoms with Crippen LogP contribution in [-0.2, 0) is 0 Å². The first-order valence-electron chi connectivity index (χ1n) is 6.54. The van der Waals surface area contributed by atoms with Gasteiger partial charge in [0.1, 0.15) is 0 Å². The van der Waals surface area contributed by atoms with E-state index >= 15 is 0 Å². The lowest BCUT2D eigenvalue weighted by Gasteiger charge is -2.24. The first-order valence-corrected chi connectivity index (χ1v) is 6.92. The summed E-state index contributed by atoms with van der Waals surface area (Å²) in [5.74, 6) is -0.113. The quantitative estimate of drug-likeness (QED) is 0.813. The maximum Gasteiger partial charge on any atom is 0.251 e. The Hall–Kier alpha value is -1.26. The molecule has 0 aromatic heterocycles. The number of anilines is 1. The third kappa shape index (κ3) is 3.61. The van der Waals surface area contributed by atoms with Crippen LogP contribution in [-0.4, -0.2) is 36.5 Å². The average molecular weight is 282 g/mol. The molecule has 1 atom stereocenters. The van der Waals surface area contributed by atoms with Crippen LogP contribution < -0.4 is 11.1 Å². The van der Waals surface area contributed by atoms with Crippen molar-refractivity contribution in [3.05, 3.63) is 28.8 Å². The highest BCUT2D eigenvalue weighted by atomic mass is 35.5. The molecule has 1 fully saturated rings. The number of nitrogen functional groups attached to an aromatic ring is 1. The van der Waals surface area contributed by atoms with E-state index in [0.29, 0.717) is 34.9 Å². The third-order valence-corrected chi connectivity index (χ3v) is 3.97. The van der Waals surface area contributed by atoms with Crippen LogP contribution in [0.5, 0.6) is 0 Å². The Kier molecular flexibility index (Phi) is 4.32. The van der Waals surface area contributed by atoms with E-state index in [9.17, 15) is 4.79 Å². The second kappa shape index (κ2) is 5.80. The molecular formula is C14H20ClN3O. The number of halogens is 1. The second-order valence-corrected chi connectivity index (χ2v) is 5.60. The zero-order valence-electron chi connectivity index (χ0n) is 11.3. The van der Waals surface area contributed by atoms with Crippen molar-refractivity contribution in [2.45, 2.75) is 31.8 Å². The van der Waals surface area contributed by atoms with Gasteiger partial charge in [0, 0.05) is 24.2 Å². The summed E-state index contributed by atoms with van der Waals surface area (Å²) in [6.45, 7) is 2.75. The smallest absolute Gasteiger partial charge is 0.251 e. The molecule has 0 saturated heterocycles. The number of benzene rings is 1. The lowest BCUT2D eigenvalue weighted by Crippen LogP contribution is -2.41. The minimum Gasteiger partial charge on any atom is -0.398 e. The molecule has 1 aromatic carbocycles. The number of nitrogens with zero attached hydrogens (tertiary/aromatic N) is 1. The summed E-state index contributed by atoms with van der Waals surface area (Å²) in [5, 5.41) is 3.34. The molecule has 0 aliphatic heterocycles. The van der Waals surface area contributed by atoms with Gasteiger partial charge in [-0.2, -0.15) is 0 Å². The van der Waals surface area contributed by atoms with Crippen LogP contribution in [0.2, 0.25) is 5.02 Å². The second-order valence-electron chi connectivity index (χ2n) is 5.19. The molecule has 4 nitrogen and oxygen atoms in total. The van der Waals surface area contributed by atoms with Crippen LogP contribution in [0.15, 0.2) is 18.2 Å². The molecule has 0 heterocycles. The van der Waals surface area contributed by atoms with Gasteiger partial charge in [0.05, 0.1) is 10.7 Å². The monoisotopic (exact) mass is 281 g/mol. The van der Waals surface area contributed by atoms with E-state index in [4.69, 9.17) is 17.3 Å². The van der Waals surface area contributed by atoms with E-state index in [1.54, 1.807) is 18.2 Å². The van der Waals surface area contributed by atoms with Crippen molar-refractivity contribution < 1.29 is 4.79 Å². The predicted molar refractivity (Wildman–Crippen MR) is 78.4 cm³/mol. The highest BCUT2D eigenvalue weighted by molar-refractivity contribution is 6.33. The van der Waals surface area contributed by atoms with Gasteiger partial charge in [-0.3, -0.25) is 9.69 Å². The summed E-state index contributed by atoms with van der Waals surface area (Å²) in [4.78, 5) is 14.3. The fourth-order valence-electron chi connectivity index (χ4n) is 2.00. The molecule has 1 aliphatic rings. The lowest BCUT2D eigenvalue weighted by atomic mass is 10.2. The van der Waals surface area contributed by atoms with Crippen LogP contribution in [0, 0.1) is 0 Å². The van der Waals surface area contributed by atoms with Crippen molar-refractivity contribution >= 4 is 23.2 Å². The molecule has 1 aliphatic carbocycles. The number of hydrogen-bond donors (Lipinski definition) is 2. The summed E-state index contributed by atoms with van der Waals surface area (Å²) in [6.07, 6.45) is 2.53. The first-order chi connectivity index (χ1) is 8.99. The van der Waals surface area contributed by atoms with E-state index in [-0.39, 0.29) is 5.91 Å². The highest BCUT2D eigenvalue weighted by Gasteiger charge is 2.29. The summed E-state index contributed by atoms with van der Waals surface area (Å²) >= 11 is 5.91. The van der Waals surface area contributed by atoms with E-state index in [1.165, 1.54) is 12.8 Å². The van der Waals surface area contributed by atoms with Gasteiger partial charge >= 0.3 is 0 Å². The van der Waals surface area contributed by atoms with Crippen LogP contribution in [0.25, 0.3) is 0 Å². The van der Waals surface area contributed by atoms with Gasteiger partial charge < -0.3 is 11.1 Å². The normalized spacial score (nSPS) is 16.4. The van der Waals surface area contributed by atoms with Crippen LogP contribution in [0.1, 0.15) is 30.1 Å². The number of likely N-dealkylation sites (N-methyl/N-ethyl adjacent to an activating group) is 1. The Morgan fingerprint density at radius 2 is 2.26 bits per heavy atom. The number of carbonyl (C=O) groups is 1. The van der Waals surface area contributed by atoms with Crippen molar-refractivity contribution in [1.29, 1.82) is 0 Å². The zero-order valence-corrected chi connectivity index (χ0v) is 12.1. The number of carbonyl (C=O) groups excluding carboxylic acids is 1. The number of amides is 1. The standard InChI is InChI=1S/C14H20ClN3O/c1-9(18(2)11-4-5-11)8-17-14(19)10-3-6-13(16)12(15)7-10/h3,6-7,9,11H,4-5,8,16H2,1-2H3,(H,17,19). The van der Waals surface area contributed by atoms with Gasteiger partial charge in [0.2, 0.25) is 0 Å². The molecule has 0 spiro atoms. The zero-order chi connectivity index (χ0) is 14.0. The largest absolute Gasteiger partial charge is 0.398 e. The van der Waals surface area contributed by atoms with Crippen LogP contribution in [0.3, 0.4) is 0 Å². The Morgan fingerprint density at radius 1 is 1.58 bits per heavy atom. The van der Waals surface area contributed by atoms with E-state index in [2.05, 4.69) is 24.2 Å². The molecule has 104 valence electrons. The summed E-state index contributed by atoms with van der Waals surface area (Å²) in [7, 11) is 2.11. The topological polar surface area (TPSA) is 58.4 Å². The van der Waals surface area contributed by atoms with Crippen molar-refractivity contribution in [3.63, 3.8) is 0 Å². The van der Waals surface area contributed by atoms with Gasteiger partial charge in [0.15, 0.2) is 0 Å². The van der Waals surface area contributed by atoms with Gasteiger partial charge in [-0.1, -0.05) is 11.6 Å².